The summed E-state index contributed by atoms with van der Waals surface area (Å²) in [6.45, 7) is 1.84. The molecule has 0 aliphatic heterocycles. The molecule has 21 heavy (non-hydrogen) atoms. The van der Waals surface area contributed by atoms with E-state index in [9.17, 15) is 8.42 Å². The summed E-state index contributed by atoms with van der Waals surface area (Å²) < 4.78 is 34.1. The molecule has 7 heteroatoms. The summed E-state index contributed by atoms with van der Waals surface area (Å²) in [5, 5.41) is 0. The monoisotopic (exact) mass is 433 g/mol. The maximum Gasteiger partial charge on any atom is 0.261 e. The summed E-state index contributed by atoms with van der Waals surface area (Å²) in [7, 11) is -2.11. The van der Waals surface area contributed by atoms with Gasteiger partial charge in [-0.15, -0.1) is 0 Å². The molecular weight excluding hydrogens is 422 g/mol. The Hall–Kier alpha value is -1.05. The van der Waals surface area contributed by atoms with E-state index in [1.807, 2.05) is 6.92 Å². The van der Waals surface area contributed by atoms with E-state index in [2.05, 4.69) is 36.6 Å². The summed E-state index contributed by atoms with van der Waals surface area (Å²) in [5.41, 5.74) is 1.29. The quantitative estimate of drug-likeness (QED) is 0.778. The van der Waals surface area contributed by atoms with E-state index in [1.165, 1.54) is 7.11 Å². The Morgan fingerprint density at radius 3 is 2.33 bits per heavy atom. The van der Waals surface area contributed by atoms with E-state index in [-0.39, 0.29) is 4.90 Å². The van der Waals surface area contributed by atoms with Gasteiger partial charge in [0.25, 0.3) is 10.0 Å². The molecule has 0 aliphatic rings. The smallest absolute Gasteiger partial charge is 0.261 e. The number of sulfonamides is 1. The molecule has 2 aromatic carbocycles. The van der Waals surface area contributed by atoms with Crippen LogP contribution in [0.25, 0.3) is 0 Å². The Bertz CT molecular complexity index is 776. The molecule has 0 saturated heterocycles. The molecule has 0 amide bonds. The van der Waals surface area contributed by atoms with Crippen molar-refractivity contribution in [1.29, 1.82) is 0 Å². The van der Waals surface area contributed by atoms with Crippen LogP contribution >= 0.6 is 31.9 Å². The lowest BCUT2D eigenvalue weighted by molar-refractivity contribution is 0.412. The molecule has 0 radical (unpaired) electrons. The van der Waals surface area contributed by atoms with Crippen LogP contribution < -0.4 is 9.46 Å². The maximum atomic E-state index is 12.4. The normalized spacial score (nSPS) is 11.2. The second-order valence-corrected chi connectivity index (χ2v) is 7.76. The van der Waals surface area contributed by atoms with Crippen molar-refractivity contribution in [1.82, 2.24) is 0 Å². The molecule has 0 heterocycles. The zero-order chi connectivity index (χ0) is 15.6. The first-order valence-electron chi connectivity index (χ1n) is 5.96. The van der Waals surface area contributed by atoms with E-state index in [4.69, 9.17) is 4.74 Å². The van der Waals surface area contributed by atoms with Crippen LogP contribution in [0.3, 0.4) is 0 Å². The van der Waals surface area contributed by atoms with Gasteiger partial charge >= 0.3 is 0 Å². The minimum absolute atomic E-state index is 0.213. The van der Waals surface area contributed by atoms with Crippen LogP contribution in [0.2, 0.25) is 0 Å². The van der Waals surface area contributed by atoms with E-state index in [0.29, 0.717) is 11.4 Å². The van der Waals surface area contributed by atoms with E-state index in [1.54, 1.807) is 36.4 Å². The fraction of sp³-hybridized carbons (Fsp3) is 0.143. The molecule has 0 bridgehead atoms. The van der Waals surface area contributed by atoms with Gasteiger partial charge in [-0.05, 0) is 58.7 Å². The third kappa shape index (κ3) is 3.78. The van der Waals surface area contributed by atoms with Crippen molar-refractivity contribution in [3.05, 3.63) is 50.9 Å². The summed E-state index contributed by atoms with van der Waals surface area (Å²) in [6, 6.07) is 9.89. The number of rotatable bonds is 4. The number of methoxy groups -OCH3 is 1. The van der Waals surface area contributed by atoms with Crippen LogP contribution in [0.1, 0.15) is 5.56 Å². The lowest BCUT2D eigenvalue weighted by Gasteiger charge is -2.11. The topological polar surface area (TPSA) is 55.4 Å². The highest BCUT2D eigenvalue weighted by Gasteiger charge is 2.15. The van der Waals surface area contributed by atoms with E-state index in [0.717, 1.165) is 14.5 Å². The molecule has 1 N–H and O–H groups in total. The maximum absolute atomic E-state index is 12.4. The van der Waals surface area contributed by atoms with Gasteiger partial charge < -0.3 is 4.74 Å². The number of aryl methyl sites for hydroxylation is 1. The Balaban J connectivity index is 2.35. The van der Waals surface area contributed by atoms with Gasteiger partial charge in [-0.1, -0.05) is 15.9 Å². The Kier molecular flexibility index (Phi) is 4.95. The number of anilines is 1. The van der Waals surface area contributed by atoms with Crippen LogP contribution in [-0.2, 0) is 10.0 Å². The summed E-state index contributed by atoms with van der Waals surface area (Å²) in [4.78, 5) is 0.213. The van der Waals surface area contributed by atoms with Gasteiger partial charge in [0.05, 0.1) is 22.2 Å². The second kappa shape index (κ2) is 6.37. The van der Waals surface area contributed by atoms with Crippen molar-refractivity contribution in [3.8, 4) is 5.75 Å². The van der Waals surface area contributed by atoms with Crippen LogP contribution in [0.5, 0.6) is 5.75 Å². The average molecular weight is 435 g/mol. The number of ether oxygens (including phenoxy) is 1. The third-order valence-corrected chi connectivity index (χ3v) is 5.77. The lowest BCUT2D eigenvalue weighted by atomic mass is 10.2. The SMILES string of the molecule is COc1cc(NS(=O)(=O)c2ccc(Br)c(C)c2)ccc1Br. The Morgan fingerprint density at radius 2 is 1.71 bits per heavy atom. The third-order valence-electron chi connectivity index (χ3n) is 2.84. The number of hydrogen-bond acceptors (Lipinski definition) is 3. The van der Waals surface area contributed by atoms with Gasteiger partial charge in [0.2, 0.25) is 0 Å². The first-order chi connectivity index (χ1) is 9.83. The molecule has 2 rings (SSSR count). The van der Waals surface area contributed by atoms with Crippen LogP contribution in [0, 0.1) is 6.92 Å². The fourth-order valence-corrected chi connectivity index (χ4v) is 3.51. The molecule has 0 aromatic heterocycles. The van der Waals surface area contributed by atoms with Gasteiger partial charge in [-0.2, -0.15) is 0 Å². The zero-order valence-corrected chi connectivity index (χ0v) is 15.3. The molecule has 0 unspecified atom stereocenters. The van der Waals surface area contributed by atoms with Gasteiger partial charge in [0.15, 0.2) is 0 Å². The van der Waals surface area contributed by atoms with E-state index >= 15 is 0 Å². The minimum Gasteiger partial charge on any atom is -0.495 e. The molecular formula is C14H13Br2NO3S. The van der Waals surface area contributed by atoms with Gasteiger partial charge in [0.1, 0.15) is 5.75 Å². The molecule has 0 saturated carbocycles. The molecule has 4 nitrogen and oxygen atoms in total. The molecule has 0 aliphatic carbocycles. The molecule has 0 fully saturated rings. The van der Waals surface area contributed by atoms with Crippen molar-refractivity contribution >= 4 is 47.6 Å². The first-order valence-corrected chi connectivity index (χ1v) is 9.03. The van der Waals surface area contributed by atoms with Crippen LogP contribution in [0.4, 0.5) is 5.69 Å². The van der Waals surface area contributed by atoms with Crippen molar-refractivity contribution < 1.29 is 13.2 Å². The van der Waals surface area contributed by atoms with Crippen LogP contribution in [-0.4, -0.2) is 15.5 Å². The Labute approximate surface area is 140 Å². The van der Waals surface area contributed by atoms with Crippen molar-refractivity contribution in [3.63, 3.8) is 0 Å². The van der Waals surface area contributed by atoms with Crippen molar-refractivity contribution in [2.24, 2.45) is 0 Å². The molecule has 2 aromatic rings. The second-order valence-electron chi connectivity index (χ2n) is 4.37. The minimum atomic E-state index is -3.63. The highest BCUT2D eigenvalue weighted by atomic mass is 79.9. The predicted molar refractivity (Wildman–Crippen MR) is 90.4 cm³/mol. The summed E-state index contributed by atoms with van der Waals surface area (Å²) in [6.07, 6.45) is 0. The van der Waals surface area contributed by atoms with Crippen LogP contribution in [0.15, 0.2) is 50.2 Å². The van der Waals surface area contributed by atoms with E-state index < -0.39 is 10.0 Å². The number of halogens is 2. The average Bonchev–Trinajstić information content (AvgIpc) is 2.43. The standard InChI is InChI=1S/C14H13Br2NO3S/c1-9-7-11(4-6-12(9)15)21(18,19)17-10-3-5-13(16)14(8-10)20-2/h3-8,17H,1-2H3. The van der Waals surface area contributed by atoms with Crippen molar-refractivity contribution in [2.45, 2.75) is 11.8 Å². The fourth-order valence-electron chi connectivity index (χ4n) is 1.72. The molecule has 0 atom stereocenters. The highest BCUT2D eigenvalue weighted by Crippen LogP contribution is 2.29. The lowest BCUT2D eigenvalue weighted by Crippen LogP contribution is -2.13. The molecule has 112 valence electrons. The number of benzene rings is 2. The van der Waals surface area contributed by atoms with Crippen molar-refractivity contribution in [2.75, 3.05) is 11.8 Å². The zero-order valence-electron chi connectivity index (χ0n) is 11.4. The first kappa shape index (κ1) is 16.3. The highest BCUT2D eigenvalue weighted by molar-refractivity contribution is 9.10. The Morgan fingerprint density at radius 1 is 1.05 bits per heavy atom. The molecule has 0 spiro atoms. The largest absolute Gasteiger partial charge is 0.495 e. The predicted octanol–water partition coefficient (Wildman–Crippen LogP) is 4.33. The summed E-state index contributed by atoms with van der Waals surface area (Å²) >= 11 is 6.68. The van der Waals surface area contributed by atoms with Gasteiger partial charge in [-0.25, -0.2) is 8.42 Å². The summed E-state index contributed by atoms with van der Waals surface area (Å²) in [5.74, 6) is 0.558. The van der Waals surface area contributed by atoms with Gasteiger partial charge in [0, 0.05) is 10.5 Å². The number of nitrogens with one attached hydrogen (secondary N) is 1. The number of hydrogen-bond donors (Lipinski definition) is 1. The van der Waals surface area contributed by atoms with Gasteiger partial charge in [-0.3, -0.25) is 4.72 Å².